The van der Waals surface area contributed by atoms with Gasteiger partial charge in [-0.1, -0.05) is 13.8 Å². The van der Waals surface area contributed by atoms with E-state index in [0.29, 0.717) is 5.92 Å². The molecule has 2 heterocycles. The molecule has 0 aliphatic heterocycles. The van der Waals surface area contributed by atoms with Crippen LogP contribution in [-0.4, -0.2) is 4.98 Å². The Balaban J connectivity index is 2.39. The zero-order valence-corrected chi connectivity index (χ0v) is 9.39. The van der Waals surface area contributed by atoms with Gasteiger partial charge in [-0.2, -0.15) is 0 Å². The van der Waals surface area contributed by atoms with Gasteiger partial charge < -0.3 is 4.42 Å². The van der Waals surface area contributed by atoms with E-state index in [-0.39, 0.29) is 0 Å². The van der Waals surface area contributed by atoms with Gasteiger partial charge in [-0.15, -0.1) is 11.3 Å². The minimum Gasteiger partial charge on any atom is -0.469 e. The molecule has 0 saturated heterocycles. The first-order valence-corrected chi connectivity index (χ1v) is 5.50. The normalized spacial score (nSPS) is 11.1. The van der Waals surface area contributed by atoms with E-state index in [1.807, 2.05) is 19.2 Å². The molecule has 0 radical (unpaired) electrons. The molecule has 0 aliphatic rings. The van der Waals surface area contributed by atoms with Gasteiger partial charge in [0, 0.05) is 11.1 Å². The fourth-order valence-electron chi connectivity index (χ4n) is 1.28. The summed E-state index contributed by atoms with van der Waals surface area (Å²) < 4.78 is 5.26. The Morgan fingerprint density at radius 2 is 2.21 bits per heavy atom. The minimum absolute atomic E-state index is 0.549. The first kappa shape index (κ1) is 9.46. The molecule has 74 valence electrons. The third-order valence-corrected chi connectivity index (χ3v) is 3.51. The molecule has 0 bridgehead atoms. The molecule has 0 atom stereocenters. The summed E-state index contributed by atoms with van der Waals surface area (Å²) in [7, 11) is 0. The second-order valence-electron chi connectivity index (χ2n) is 3.61. The number of hydrogen-bond acceptors (Lipinski definition) is 3. The number of hydrogen-bond donors (Lipinski definition) is 0. The first-order chi connectivity index (χ1) is 6.68. The molecule has 0 saturated carbocycles. The average molecular weight is 207 g/mol. The lowest BCUT2D eigenvalue weighted by atomic mass is 10.2. The van der Waals surface area contributed by atoms with E-state index in [0.717, 1.165) is 16.3 Å². The molecule has 0 aliphatic carbocycles. The van der Waals surface area contributed by atoms with Gasteiger partial charge in [-0.3, -0.25) is 0 Å². The predicted molar refractivity (Wildman–Crippen MR) is 58.6 cm³/mol. The number of nitrogens with zero attached hydrogens (tertiary/aromatic N) is 1. The molecule has 2 rings (SSSR count). The van der Waals surface area contributed by atoms with Crippen molar-refractivity contribution in [3.05, 3.63) is 29.2 Å². The van der Waals surface area contributed by atoms with E-state index in [2.05, 4.69) is 18.8 Å². The van der Waals surface area contributed by atoms with Gasteiger partial charge in [0.05, 0.1) is 11.8 Å². The third kappa shape index (κ3) is 1.60. The van der Waals surface area contributed by atoms with Gasteiger partial charge in [-0.25, -0.2) is 4.98 Å². The fraction of sp³-hybridized carbons (Fsp3) is 0.364. The van der Waals surface area contributed by atoms with Gasteiger partial charge in [-0.05, 0) is 18.9 Å². The molecule has 3 heteroatoms. The van der Waals surface area contributed by atoms with E-state index in [1.54, 1.807) is 17.6 Å². The Hall–Kier alpha value is -1.09. The van der Waals surface area contributed by atoms with Gasteiger partial charge in [0.15, 0.2) is 0 Å². The molecule has 2 nitrogen and oxygen atoms in total. The fourth-order valence-corrected chi connectivity index (χ4v) is 2.28. The molecule has 2 aromatic heterocycles. The van der Waals surface area contributed by atoms with E-state index < -0.39 is 0 Å². The van der Waals surface area contributed by atoms with Gasteiger partial charge in [0.25, 0.3) is 0 Å². The summed E-state index contributed by atoms with van der Waals surface area (Å²) in [5.41, 5.74) is 1.11. The van der Waals surface area contributed by atoms with Crippen LogP contribution in [0.4, 0.5) is 0 Å². The maximum absolute atomic E-state index is 5.26. The standard InChI is InChI=1S/C11H13NOS/c1-7(2)10-6-12-11(14-10)9-4-5-13-8(9)3/h4-7H,1-3H3. The van der Waals surface area contributed by atoms with E-state index >= 15 is 0 Å². The molecule has 0 amide bonds. The molecule has 0 N–H and O–H groups in total. The molecule has 0 unspecified atom stereocenters. The minimum atomic E-state index is 0.549. The molecular weight excluding hydrogens is 194 g/mol. The summed E-state index contributed by atoms with van der Waals surface area (Å²) in [6, 6.07) is 1.97. The smallest absolute Gasteiger partial charge is 0.127 e. The van der Waals surface area contributed by atoms with Crippen LogP contribution in [0.2, 0.25) is 0 Å². The molecule has 2 aromatic rings. The lowest BCUT2D eigenvalue weighted by Gasteiger charge is -1.96. The first-order valence-electron chi connectivity index (χ1n) is 4.68. The quantitative estimate of drug-likeness (QED) is 0.748. The molecule has 0 spiro atoms. The van der Waals surface area contributed by atoms with E-state index in [1.165, 1.54) is 4.88 Å². The molecule has 0 aromatic carbocycles. The van der Waals surface area contributed by atoms with Crippen molar-refractivity contribution in [1.82, 2.24) is 4.98 Å². The maximum Gasteiger partial charge on any atom is 0.127 e. The summed E-state index contributed by atoms with van der Waals surface area (Å²) in [4.78, 5) is 5.72. The number of rotatable bonds is 2. The SMILES string of the molecule is Cc1occc1-c1ncc(C(C)C)s1. The zero-order chi connectivity index (χ0) is 10.1. The second kappa shape index (κ2) is 3.58. The van der Waals surface area contributed by atoms with Crippen molar-refractivity contribution in [3.8, 4) is 10.6 Å². The Bertz CT molecular complexity index is 428. The Morgan fingerprint density at radius 1 is 1.43 bits per heavy atom. The van der Waals surface area contributed by atoms with Gasteiger partial charge in [0.1, 0.15) is 10.8 Å². The van der Waals surface area contributed by atoms with Crippen LogP contribution in [0.5, 0.6) is 0 Å². The van der Waals surface area contributed by atoms with Crippen molar-refractivity contribution in [2.75, 3.05) is 0 Å². The summed E-state index contributed by atoms with van der Waals surface area (Å²) in [6.45, 7) is 6.32. The zero-order valence-electron chi connectivity index (χ0n) is 8.57. The largest absolute Gasteiger partial charge is 0.469 e. The highest BCUT2D eigenvalue weighted by atomic mass is 32.1. The van der Waals surface area contributed by atoms with Crippen molar-refractivity contribution in [2.24, 2.45) is 0 Å². The Labute approximate surface area is 87.6 Å². The number of aryl methyl sites for hydroxylation is 1. The molecular formula is C11H13NOS. The monoisotopic (exact) mass is 207 g/mol. The van der Waals surface area contributed by atoms with Crippen LogP contribution in [0.25, 0.3) is 10.6 Å². The van der Waals surface area contributed by atoms with Crippen molar-refractivity contribution in [1.29, 1.82) is 0 Å². The Morgan fingerprint density at radius 3 is 2.71 bits per heavy atom. The number of aromatic nitrogens is 1. The van der Waals surface area contributed by atoms with Crippen LogP contribution in [0.1, 0.15) is 30.4 Å². The summed E-state index contributed by atoms with van der Waals surface area (Å²) in [5.74, 6) is 1.49. The van der Waals surface area contributed by atoms with Crippen LogP contribution in [-0.2, 0) is 0 Å². The van der Waals surface area contributed by atoms with Crippen LogP contribution < -0.4 is 0 Å². The summed E-state index contributed by atoms with van der Waals surface area (Å²) >= 11 is 1.74. The number of thiazole rings is 1. The van der Waals surface area contributed by atoms with Crippen LogP contribution >= 0.6 is 11.3 Å². The molecule has 14 heavy (non-hydrogen) atoms. The van der Waals surface area contributed by atoms with Crippen LogP contribution in [0, 0.1) is 6.92 Å². The predicted octanol–water partition coefficient (Wildman–Crippen LogP) is 3.83. The highest BCUT2D eigenvalue weighted by molar-refractivity contribution is 7.15. The second-order valence-corrected chi connectivity index (χ2v) is 4.68. The van der Waals surface area contributed by atoms with Crippen LogP contribution in [0.15, 0.2) is 22.9 Å². The lowest BCUT2D eigenvalue weighted by molar-refractivity contribution is 0.535. The highest BCUT2D eigenvalue weighted by Crippen LogP contribution is 2.31. The molecule has 0 fully saturated rings. The topological polar surface area (TPSA) is 26.0 Å². The highest BCUT2D eigenvalue weighted by Gasteiger charge is 2.10. The van der Waals surface area contributed by atoms with Gasteiger partial charge in [0.2, 0.25) is 0 Å². The van der Waals surface area contributed by atoms with Crippen molar-refractivity contribution in [2.45, 2.75) is 26.7 Å². The average Bonchev–Trinajstić information content (AvgIpc) is 2.71. The van der Waals surface area contributed by atoms with Crippen molar-refractivity contribution >= 4 is 11.3 Å². The number of furan rings is 1. The third-order valence-electron chi connectivity index (χ3n) is 2.18. The lowest BCUT2D eigenvalue weighted by Crippen LogP contribution is -1.77. The summed E-state index contributed by atoms with van der Waals surface area (Å²) in [5, 5.41) is 1.06. The van der Waals surface area contributed by atoms with Crippen LogP contribution in [0.3, 0.4) is 0 Å². The van der Waals surface area contributed by atoms with E-state index in [4.69, 9.17) is 4.42 Å². The van der Waals surface area contributed by atoms with Gasteiger partial charge >= 0.3 is 0 Å². The summed E-state index contributed by atoms with van der Waals surface area (Å²) in [6.07, 6.45) is 3.66. The van der Waals surface area contributed by atoms with E-state index in [9.17, 15) is 0 Å². The van der Waals surface area contributed by atoms with Crippen molar-refractivity contribution < 1.29 is 4.42 Å². The Kier molecular flexibility index (Phi) is 2.42. The maximum atomic E-state index is 5.26. The van der Waals surface area contributed by atoms with Crippen molar-refractivity contribution in [3.63, 3.8) is 0 Å².